The number of rotatable bonds is 5. The molecule has 0 radical (unpaired) electrons. The molecule has 4 nitrogen and oxygen atoms in total. The summed E-state index contributed by atoms with van der Waals surface area (Å²) in [6.45, 7) is 1.28. The van der Waals surface area contributed by atoms with Crippen molar-refractivity contribution in [1.82, 2.24) is 5.32 Å². The van der Waals surface area contributed by atoms with Crippen molar-refractivity contribution >= 4 is 29.0 Å². The Balaban J connectivity index is 1.78. The molecule has 1 saturated heterocycles. The number of nitrogens with two attached hydrogens (primary N) is 1. The molecule has 1 aromatic rings. The van der Waals surface area contributed by atoms with Crippen LogP contribution in [-0.4, -0.2) is 34.7 Å². The van der Waals surface area contributed by atoms with Crippen molar-refractivity contribution < 1.29 is 9.90 Å². The molecule has 1 amide bonds. The number of hydrogen-bond donors (Lipinski definition) is 3. The second kappa shape index (κ2) is 6.06. The lowest BCUT2D eigenvalue weighted by molar-refractivity contribution is 0.0320. The van der Waals surface area contributed by atoms with E-state index in [1.807, 2.05) is 11.8 Å². The van der Waals surface area contributed by atoms with Crippen molar-refractivity contribution in [2.75, 3.05) is 18.1 Å². The van der Waals surface area contributed by atoms with Gasteiger partial charge in [0, 0.05) is 23.3 Å². The Morgan fingerprint density at radius 1 is 1.50 bits per heavy atom. The highest BCUT2D eigenvalue weighted by atomic mass is 32.2. The fraction of sp³-hybridized carbons (Fsp3) is 0.583. The molecule has 100 valence electrons. The topological polar surface area (TPSA) is 75.4 Å². The summed E-state index contributed by atoms with van der Waals surface area (Å²) in [5, 5.41) is 15.3. The maximum atomic E-state index is 11.0. The number of primary amides is 1. The molecule has 6 heteroatoms. The predicted molar refractivity (Wildman–Crippen MR) is 76.1 cm³/mol. The number of hydrogen-bond acceptors (Lipinski definition) is 5. The Morgan fingerprint density at radius 3 is 2.83 bits per heavy atom. The number of amides is 1. The molecule has 18 heavy (non-hydrogen) atoms. The lowest BCUT2D eigenvalue weighted by Crippen LogP contribution is -2.43. The molecule has 0 aromatic carbocycles. The van der Waals surface area contributed by atoms with Crippen LogP contribution in [0.25, 0.3) is 0 Å². The van der Waals surface area contributed by atoms with Gasteiger partial charge in [0.2, 0.25) is 5.91 Å². The van der Waals surface area contributed by atoms with Gasteiger partial charge in [0.05, 0.1) is 11.2 Å². The summed E-state index contributed by atoms with van der Waals surface area (Å²) in [5.41, 5.74) is 5.20. The van der Waals surface area contributed by atoms with Crippen molar-refractivity contribution in [3.63, 3.8) is 0 Å². The molecule has 1 aromatic heterocycles. The van der Waals surface area contributed by atoms with Gasteiger partial charge in [-0.2, -0.15) is 11.8 Å². The van der Waals surface area contributed by atoms with E-state index >= 15 is 0 Å². The highest BCUT2D eigenvalue weighted by molar-refractivity contribution is 7.99. The van der Waals surface area contributed by atoms with Crippen LogP contribution < -0.4 is 11.1 Å². The number of thiophene rings is 1. The number of aliphatic hydroxyl groups is 1. The van der Waals surface area contributed by atoms with Crippen LogP contribution in [0.4, 0.5) is 0 Å². The molecule has 0 saturated carbocycles. The van der Waals surface area contributed by atoms with Crippen molar-refractivity contribution in [2.24, 2.45) is 5.73 Å². The minimum atomic E-state index is -0.560. The largest absolute Gasteiger partial charge is 0.389 e. The third-order valence-electron chi connectivity index (χ3n) is 3.12. The molecule has 0 unspecified atom stereocenters. The van der Waals surface area contributed by atoms with E-state index in [2.05, 4.69) is 5.32 Å². The molecular formula is C12H18N2O2S2. The first-order chi connectivity index (χ1) is 8.59. The zero-order valence-corrected chi connectivity index (χ0v) is 11.8. The first-order valence-corrected chi connectivity index (χ1v) is 8.01. The molecular weight excluding hydrogens is 268 g/mol. The van der Waals surface area contributed by atoms with E-state index in [0.29, 0.717) is 18.7 Å². The number of carbonyl (C=O) groups excluding carboxylic acids is 1. The van der Waals surface area contributed by atoms with Gasteiger partial charge in [-0.05, 0) is 30.4 Å². The molecule has 2 heterocycles. The Labute approximate surface area is 115 Å². The van der Waals surface area contributed by atoms with Crippen LogP contribution in [0.5, 0.6) is 0 Å². The normalized spacial score (nSPS) is 18.7. The van der Waals surface area contributed by atoms with E-state index in [-0.39, 0.29) is 5.91 Å². The van der Waals surface area contributed by atoms with Crippen LogP contribution in [0.3, 0.4) is 0 Å². The van der Waals surface area contributed by atoms with Crippen LogP contribution in [0, 0.1) is 0 Å². The van der Waals surface area contributed by atoms with Gasteiger partial charge < -0.3 is 16.2 Å². The predicted octanol–water partition coefficient (Wildman–Crippen LogP) is 1.19. The van der Waals surface area contributed by atoms with Crippen molar-refractivity contribution in [1.29, 1.82) is 0 Å². The highest BCUT2D eigenvalue weighted by Gasteiger charge is 2.28. The minimum Gasteiger partial charge on any atom is -0.389 e. The summed E-state index contributed by atoms with van der Waals surface area (Å²) in [6, 6.07) is 1.81. The molecule has 0 atom stereocenters. The van der Waals surface area contributed by atoms with E-state index < -0.39 is 5.60 Å². The maximum Gasteiger partial charge on any atom is 0.249 e. The van der Waals surface area contributed by atoms with E-state index in [1.54, 1.807) is 11.4 Å². The first kappa shape index (κ1) is 13.9. The zero-order chi connectivity index (χ0) is 13.0. The van der Waals surface area contributed by atoms with Crippen LogP contribution in [-0.2, 0) is 6.54 Å². The van der Waals surface area contributed by atoms with Crippen LogP contribution in [0.2, 0.25) is 0 Å². The Bertz CT molecular complexity index is 414. The smallest absolute Gasteiger partial charge is 0.249 e. The van der Waals surface area contributed by atoms with Crippen molar-refractivity contribution in [2.45, 2.75) is 25.0 Å². The Kier molecular flexibility index (Phi) is 4.66. The van der Waals surface area contributed by atoms with E-state index in [0.717, 1.165) is 29.2 Å². The molecule has 0 spiro atoms. The van der Waals surface area contributed by atoms with Gasteiger partial charge in [0.1, 0.15) is 0 Å². The second-order valence-corrected chi connectivity index (χ2v) is 6.83. The van der Waals surface area contributed by atoms with Crippen molar-refractivity contribution in [3.05, 3.63) is 21.9 Å². The SMILES string of the molecule is NC(=O)c1csc(CNCC2(O)CCSCC2)c1. The van der Waals surface area contributed by atoms with E-state index in [4.69, 9.17) is 5.73 Å². The quantitative estimate of drug-likeness (QED) is 0.760. The van der Waals surface area contributed by atoms with Crippen LogP contribution >= 0.6 is 23.1 Å². The molecule has 0 bridgehead atoms. The van der Waals surface area contributed by atoms with Gasteiger partial charge in [-0.15, -0.1) is 11.3 Å². The summed E-state index contributed by atoms with van der Waals surface area (Å²) in [7, 11) is 0. The first-order valence-electron chi connectivity index (χ1n) is 5.97. The number of thioether (sulfide) groups is 1. The lowest BCUT2D eigenvalue weighted by Gasteiger charge is -2.31. The zero-order valence-electron chi connectivity index (χ0n) is 10.1. The second-order valence-electron chi connectivity index (χ2n) is 4.61. The summed E-state index contributed by atoms with van der Waals surface area (Å²) in [5.74, 6) is 1.67. The molecule has 2 rings (SSSR count). The van der Waals surface area contributed by atoms with Gasteiger partial charge in [-0.1, -0.05) is 0 Å². The third kappa shape index (κ3) is 3.71. The Morgan fingerprint density at radius 2 is 2.22 bits per heavy atom. The fourth-order valence-corrected chi connectivity index (χ4v) is 4.04. The monoisotopic (exact) mass is 286 g/mol. The Hall–Kier alpha value is -0.560. The summed E-state index contributed by atoms with van der Waals surface area (Å²) >= 11 is 3.41. The van der Waals surface area contributed by atoms with Gasteiger partial charge in [-0.25, -0.2) is 0 Å². The molecule has 4 N–H and O–H groups in total. The van der Waals surface area contributed by atoms with E-state index in [1.165, 1.54) is 11.3 Å². The highest BCUT2D eigenvalue weighted by Crippen LogP contribution is 2.26. The van der Waals surface area contributed by atoms with Gasteiger partial charge >= 0.3 is 0 Å². The number of carbonyl (C=O) groups is 1. The summed E-state index contributed by atoms with van der Waals surface area (Å²) in [4.78, 5) is 12.0. The molecule has 1 aliphatic rings. The summed E-state index contributed by atoms with van der Waals surface area (Å²) < 4.78 is 0. The lowest BCUT2D eigenvalue weighted by atomic mass is 9.97. The fourth-order valence-electron chi connectivity index (χ4n) is 1.95. The van der Waals surface area contributed by atoms with Gasteiger partial charge in [-0.3, -0.25) is 4.79 Å². The molecule has 1 aliphatic heterocycles. The summed E-state index contributed by atoms with van der Waals surface area (Å²) in [6.07, 6.45) is 1.70. The standard InChI is InChI=1S/C12H18N2O2S2/c13-11(15)9-5-10(18-7-9)6-14-8-12(16)1-3-17-4-2-12/h5,7,14,16H,1-4,6,8H2,(H2,13,15). The van der Waals surface area contributed by atoms with Gasteiger partial charge in [0.25, 0.3) is 0 Å². The van der Waals surface area contributed by atoms with Crippen LogP contribution in [0.1, 0.15) is 28.1 Å². The average molecular weight is 286 g/mol. The van der Waals surface area contributed by atoms with Crippen LogP contribution in [0.15, 0.2) is 11.4 Å². The van der Waals surface area contributed by atoms with Crippen molar-refractivity contribution in [3.8, 4) is 0 Å². The maximum absolute atomic E-state index is 11.0. The third-order valence-corrected chi connectivity index (χ3v) is 5.04. The average Bonchev–Trinajstić information content (AvgIpc) is 2.78. The molecule has 1 fully saturated rings. The number of nitrogens with one attached hydrogen (secondary N) is 1. The minimum absolute atomic E-state index is 0.388. The van der Waals surface area contributed by atoms with E-state index in [9.17, 15) is 9.90 Å². The van der Waals surface area contributed by atoms with Gasteiger partial charge in [0.15, 0.2) is 0 Å². The molecule has 0 aliphatic carbocycles.